The van der Waals surface area contributed by atoms with Crippen LogP contribution >= 0.6 is 11.3 Å². The van der Waals surface area contributed by atoms with E-state index in [1.165, 1.54) is 21.9 Å². The first kappa shape index (κ1) is 19.4. The molecule has 7 nitrogen and oxygen atoms in total. The standard InChI is InChI=1S/C23H21N5O2S/c29-20(15-17-7-3-1-4-8-17)27-13-11-26(12-14-27)19-16-21(30)28-23(24-19)31-22(25-28)18-9-5-2-6-10-18/h1-10,16H,11-15H2. The highest BCUT2D eigenvalue weighted by molar-refractivity contribution is 7.19. The highest BCUT2D eigenvalue weighted by atomic mass is 32.1. The summed E-state index contributed by atoms with van der Waals surface area (Å²) in [7, 11) is 0. The first-order valence-corrected chi connectivity index (χ1v) is 11.0. The summed E-state index contributed by atoms with van der Waals surface area (Å²) in [4.78, 5) is 34.5. The lowest BCUT2D eigenvalue weighted by Crippen LogP contribution is -2.49. The van der Waals surface area contributed by atoms with Crippen molar-refractivity contribution in [2.75, 3.05) is 31.1 Å². The molecule has 0 bridgehead atoms. The molecule has 5 rings (SSSR count). The monoisotopic (exact) mass is 431 g/mol. The second kappa shape index (κ2) is 8.31. The SMILES string of the molecule is O=C(Cc1ccccc1)N1CCN(c2cc(=O)n3nc(-c4ccccc4)sc3n2)CC1. The zero-order chi connectivity index (χ0) is 21.2. The molecule has 0 radical (unpaired) electrons. The van der Waals surface area contributed by atoms with Crippen molar-refractivity contribution in [2.45, 2.75) is 6.42 Å². The fourth-order valence-electron chi connectivity index (χ4n) is 3.73. The minimum absolute atomic E-state index is 0.129. The molecule has 0 N–H and O–H groups in total. The first-order chi connectivity index (χ1) is 15.2. The number of piperazine rings is 1. The van der Waals surface area contributed by atoms with E-state index in [-0.39, 0.29) is 11.5 Å². The smallest absolute Gasteiger partial charge is 0.277 e. The van der Waals surface area contributed by atoms with E-state index in [2.05, 4.69) is 15.0 Å². The maximum absolute atomic E-state index is 12.6. The number of carbonyl (C=O) groups excluding carboxylic acids is 1. The number of amides is 1. The zero-order valence-corrected chi connectivity index (χ0v) is 17.7. The Morgan fingerprint density at radius 3 is 2.32 bits per heavy atom. The van der Waals surface area contributed by atoms with Crippen molar-refractivity contribution in [3.05, 3.63) is 82.6 Å². The van der Waals surface area contributed by atoms with Crippen LogP contribution in [0.1, 0.15) is 5.56 Å². The molecule has 2 aromatic heterocycles. The van der Waals surface area contributed by atoms with Crippen molar-refractivity contribution >= 4 is 28.0 Å². The molecule has 4 aromatic rings. The number of hydrogen-bond donors (Lipinski definition) is 0. The molecular weight excluding hydrogens is 410 g/mol. The van der Waals surface area contributed by atoms with E-state index in [1.54, 1.807) is 0 Å². The molecule has 1 saturated heterocycles. The van der Waals surface area contributed by atoms with Gasteiger partial charge < -0.3 is 9.80 Å². The Hall–Kier alpha value is -3.52. The van der Waals surface area contributed by atoms with Gasteiger partial charge in [0, 0.05) is 37.8 Å². The largest absolute Gasteiger partial charge is 0.353 e. The highest BCUT2D eigenvalue weighted by Gasteiger charge is 2.23. The molecule has 1 fully saturated rings. The van der Waals surface area contributed by atoms with E-state index in [0.29, 0.717) is 43.4 Å². The molecule has 0 spiro atoms. The van der Waals surface area contributed by atoms with Crippen LogP contribution in [-0.2, 0) is 11.2 Å². The molecule has 1 aliphatic heterocycles. The van der Waals surface area contributed by atoms with Gasteiger partial charge in [-0.2, -0.15) is 9.61 Å². The van der Waals surface area contributed by atoms with Gasteiger partial charge in [0.15, 0.2) is 0 Å². The van der Waals surface area contributed by atoms with Gasteiger partial charge in [0.05, 0.1) is 6.42 Å². The van der Waals surface area contributed by atoms with Gasteiger partial charge in [0.25, 0.3) is 5.56 Å². The van der Waals surface area contributed by atoms with Crippen LogP contribution in [0.15, 0.2) is 71.5 Å². The molecule has 0 atom stereocenters. The summed E-state index contributed by atoms with van der Waals surface area (Å²) in [6.45, 7) is 2.52. The Morgan fingerprint density at radius 2 is 1.61 bits per heavy atom. The Morgan fingerprint density at radius 1 is 0.935 bits per heavy atom. The second-order valence-corrected chi connectivity index (χ2v) is 8.41. The molecule has 8 heteroatoms. The lowest BCUT2D eigenvalue weighted by molar-refractivity contribution is -0.130. The fourth-order valence-corrected chi connectivity index (χ4v) is 4.63. The van der Waals surface area contributed by atoms with Crippen LogP contribution < -0.4 is 10.5 Å². The van der Waals surface area contributed by atoms with Crippen LogP contribution in [0.3, 0.4) is 0 Å². The van der Waals surface area contributed by atoms with E-state index in [0.717, 1.165) is 16.1 Å². The summed E-state index contributed by atoms with van der Waals surface area (Å²) in [6, 6.07) is 21.1. The lowest BCUT2D eigenvalue weighted by Gasteiger charge is -2.35. The number of fused-ring (bicyclic) bond motifs is 1. The van der Waals surface area contributed by atoms with Gasteiger partial charge >= 0.3 is 0 Å². The third-order valence-electron chi connectivity index (χ3n) is 5.41. The number of benzene rings is 2. The number of rotatable bonds is 4. The molecular formula is C23H21N5O2S. The number of carbonyl (C=O) groups is 1. The van der Waals surface area contributed by atoms with Gasteiger partial charge in [-0.1, -0.05) is 72.0 Å². The van der Waals surface area contributed by atoms with Gasteiger partial charge in [-0.15, -0.1) is 0 Å². The van der Waals surface area contributed by atoms with E-state index in [4.69, 9.17) is 0 Å². The molecule has 2 aromatic carbocycles. The Bertz CT molecular complexity index is 1260. The average Bonchev–Trinajstić information content (AvgIpc) is 3.25. The number of nitrogens with zero attached hydrogens (tertiary/aromatic N) is 5. The van der Waals surface area contributed by atoms with Crippen LogP contribution in [0.5, 0.6) is 0 Å². The number of anilines is 1. The van der Waals surface area contributed by atoms with E-state index in [9.17, 15) is 9.59 Å². The molecule has 3 heterocycles. The third kappa shape index (κ3) is 4.06. The predicted octanol–water partition coefficient (Wildman–Crippen LogP) is 2.71. The number of aromatic nitrogens is 3. The van der Waals surface area contributed by atoms with Crippen molar-refractivity contribution in [2.24, 2.45) is 0 Å². The maximum atomic E-state index is 12.6. The van der Waals surface area contributed by atoms with Crippen molar-refractivity contribution in [1.82, 2.24) is 19.5 Å². The minimum Gasteiger partial charge on any atom is -0.353 e. The summed E-state index contributed by atoms with van der Waals surface area (Å²) >= 11 is 1.40. The molecule has 0 saturated carbocycles. The maximum Gasteiger partial charge on any atom is 0.277 e. The lowest BCUT2D eigenvalue weighted by atomic mass is 10.1. The third-order valence-corrected chi connectivity index (χ3v) is 6.36. The molecule has 1 aliphatic rings. The van der Waals surface area contributed by atoms with Crippen molar-refractivity contribution in [3.63, 3.8) is 0 Å². The fraction of sp³-hybridized carbons (Fsp3) is 0.217. The minimum atomic E-state index is -0.194. The van der Waals surface area contributed by atoms with Crippen LogP contribution in [0, 0.1) is 0 Å². The van der Waals surface area contributed by atoms with Crippen molar-refractivity contribution < 1.29 is 4.79 Å². The molecule has 156 valence electrons. The van der Waals surface area contributed by atoms with E-state index < -0.39 is 0 Å². The summed E-state index contributed by atoms with van der Waals surface area (Å²) < 4.78 is 1.36. The summed E-state index contributed by atoms with van der Waals surface area (Å²) in [6.07, 6.45) is 0.412. The van der Waals surface area contributed by atoms with Gasteiger partial charge in [-0.05, 0) is 5.56 Å². The zero-order valence-electron chi connectivity index (χ0n) is 16.8. The Labute approximate surface area is 183 Å². The summed E-state index contributed by atoms with van der Waals surface area (Å²) in [5, 5.41) is 5.20. The van der Waals surface area contributed by atoms with Gasteiger partial charge in [-0.3, -0.25) is 9.59 Å². The Balaban J connectivity index is 1.30. The van der Waals surface area contributed by atoms with Crippen LogP contribution in [0.2, 0.25) is 0 Å². The van der Waals surface area contributed by atoms with Crippen molar-refractivity contribution in [1.29, 1.82) is 0 Å². The molecule has 0 unspecified atom stereocenters. The molecule has 1 amide bonds. The van der Waals surface area contributed by atoms with E-state index >= 15 is 0 Å². The highest BCUT2D eigenvalue weighted by Crippen LogP contribution is 2.25. The number of hydrogen-bond acceptors (Lipinski definition) is 6. The Kier molecular flexibility index (Phi) is 5.21. The normalized spacial score (nSPS) is 14.2. The topological polar surface area (TPSA) is 70.8 Å². The summed E-state index contributed by atoms with van der Waals surface area (Å²) in [5.41, 5.74) is 1.79. The van der Waals surface area contributed by atoms with E-state index in [1.807, 2.05) is 65.6 Å². The van der Waals surface area contributed by atoms with Gasteiger partial charge in [0.1, 0.15) is 10.8 Å². The van der Waals surface area contributed by atoms with Gasteiger partial charge in [-0.25, -0.2) is 4.98 Å². The van der Waals surface area contributed by atoms with Crippen molar-refractivity contribution in [3.8, 4) is 10.6 Å². The molecule has 31 heavy (non-hydrogen) atoms. The molecule has 0 aliphatic carbocycles. The van der Waals surface area contributed by atoms with Crippen LogP contribution in [-0.4, -0.2) is 51.6 Å². The predicted molar refractivity (Wildman–Crippen MR) is 122 cm³/mol. The van der Waals surface area contributed by atoms with Gasteiger partial charge in [0.2, 0.25) is 10.9 Å². The quantitative estimate of drug-likeness (QED) is 0.497. The summed E-state index contributed by atoms with van der Waals surface area (Å²) in [5.74, 6) is 0.771. The first-order valence-electron chi connectivity index (χ1n) is 10.2. The second-order valence-electron chi connectivity index (χ2n) is 7.45. The van der Waals surface area contributed by atoms with Crippen LogP contribution in [0.4, 0.5) is 5.82 Å². The van der Waals surface area contributed by atoms with Crippen LogP contribution in [0.25, 0.3) is 15.5 Å². The average molecular weight is 432 g/mol.